The summed E-state index contributed by atoms with van der Waals surface area (Å²) in [5.41, 5.74) is 3.28. The van der Waals surface area contributed by atoms with Crippen LogP contribution in [-0.2, 0) is 21.4 Å². The van der Waals surface area contributed by atoms with Gasteiger partial charge in [-0.2, -0.15) is 13.2 Å². The number of hydrogen-bond acceptors (Lipinski definition) is 5. The molecule has 3 N–H and O–H groups in total. The van der Waals surface area contributed by atoms with E-state index in [0.29, 0.717) is 17.8 Å². The van der Waals surface area contributed by atoms with Crippen LogP contribution in [0.15, 0.2) is 71.6 Å². The summed E-state index contributed by atoms with van der Waals surface area (Å²) in [4.78, 5) is 22.4. The largest absolute Gasteiger partial charge is 0.490 e. The van der Waals surface area contributed by atoms with Crippen LogP contribution in [-0.4, -0.2) is 43.8 Å². The second-order valence-electron chi connectivity index (χ2n) is 8.06. The molecule has 0 radical (unpaired) electrons. The van der Waals surface area contributed by atoms with Crippen molar-refractivity contribution in [1.29, 1.82) is 0 Å². The van der Waals surface area contributed by atoms with Crippen molar-refractivity contribution in [1.82, 2.24) is 0 Å². The van der Waals surface area contributed by atoms with Crippen LogP contribution in [0.5, 0.6) is 0 Å². The molecule has 37 heavy (non-hydrogen) atoms. The molecule has 0 saturated heterocycles. The molecule has 0 heterocycles. The van der Waals surface area contributed by atoms with Gasteiger partial charge in [0.15, 0.2) is 0 Å². The van der Waals surface area contributed by atoms with Gasteiger partial charge in [-0.05, 0) is 54.8 Å². The lowest BCUT2D eigenvalue weighted by molar-refractivity contribution is -0.192. The van der Waals surface area contributed by atoms with Gasteiger partial charge in [0.1, 0.15) is 0 Å². The van der Waals surface area contributed by atoms with Crippen LogP contribution in [0.1, 0.15) is 27.0 Å². The normalized spacial score (nSPS) is 11.2. The van der Waals surface area contributed by atoms with Crippen molar-refractivity contribution >= 4 is 33.3 Å². The van der Waals surface area contributed by atoms with E-state index in [9.17, 15) is 31.5 Å². The van der Waals surface area contributed by atoms with E-state index < -0.39 is 28.1 Å². The number of anilines is 2. The molecular formula is C25H25F3N2O6S. The summed E-state index contributed by atoms with van der Waals surface area (Å²) in [5.74, 6) is -3.88. The molecule has 0 aliphatic heterocycles. The lowest BCUT2D eigenvalue weighted by Crippen LogP contribution is -2.21. The van der Waals surface area contributed by atoms with Crippen LogP contribution in [0.3, 0.4) is 0 Å². The minimum atomic E-state index is -5.08. The number of sulfonamides is 1. The van der Waals surface area contributed by atoms with E-state index in [1.165, 1.54) is 12.1 Å². The van der Waals surface area contributed by atoms with Crippen molar-refractivity contribution in [3.05, 3.63) is 89.0 Å². The Morgan fingerprint density at radius 1 is 0.946 bits per heavy atom. The van der Waals surface area contributed by atoms with Gasteiger partial charge < -0.3 is 15.1 Å². The van der Waals surface area contributed by atoms with Crippen LogP contribution in [0, 0.1) is 13.8 Å². The third-order valence-corrected chi connectivity index (χ3v) is 6.54. The number of carboxylic acid groups (broad SMARTS) is 2. The molecule has 0 spiro atoms. The molecule has 0 fully saturated rings. The monoisotopic (exact) mass is 538 g/mol. The van der Waals surface area contributed by atoms with Gasteiger partial charge in [0.2, 0.25) is 0 Å². The summed E-state index contributed by atoms with van der Waals surface area (Å²) >= 11 is 0. The Bertz CT molecular complexity index is 1380. The van der Waals surface area contributed by atoms with Crippen LogP contribution in [0.4, 0.5) is 24.5 Å². The topological polar surface area (TPSA) is 124 Å². The number of alkyl halides is 3. The SMILES string of the molecule is Cc1ccc(C)c(S(=O)(=O)Nc2cc(C(=O)O)ccc2N(C)Cc2ccccc2)c1.O=C(O)C(F)(F)F. The molecule has 0 unspecified atom stereocenters. The summed E-state index contributed by atoms with van der Waals surface area (Å²) in [6.45, 7) is 4.08. The van der Waals surface area contributed by atoms with Gasteiger partial charge in [-0.15, -0.1) is 0 Å². The zero-order chi connectivity index (χ0) is 28.0. The van der Waals surface area contributed by atoms with Crippen LogP contribution in [0.2, 0.25) is 0 Å². The third kappa shape index (κ3) is 8.24. The maximum atomic E-state index is 13.1. The highest BCUT2D eigenvalue weighted by atomic mass is 32.2. The van der Waals surface area contributed by atoms with Gasteiger partial charge in [0.05, 0.1) is 21.8 Å². The number of benzene rings is 3. The minimum absolute atomic E-state index is 0.00512. The van der Waals surface area contributed by atoms with Crippen LogP contribution < -0.4 is 9.62 Å². The first-order valence-corrected chi connectivity index (χ1v) is 12.1. The Morgan fingerprint density at radius 3 is 2.08 bits per heavy atom. The van der Waals surface area contributed by atoms with E-state index in [-0.39, 0.29) is 16.1 Å². The van der Waals surface area contributed by atoms with E-state index in [1.807, 2.05) is 55.3 Å². The maximum Gasteiger partial charge on any atom is 0.490 e. The fourth-order valence-corrected chi connectivity index (χ4v) is 4.62. The maximum absolute atomic E-state index is 13.1. The molecule has 198 valence electrons. The van der Waals surface area contributed by atoms with Crippen molar-refractivity contribution in [2.75, 3.05) is 16.7 Å². The van der Waals surface area contributed by atoms with Gasteiger partial charge >= 0.3 is 18.1 Å². The smallest absolute Gasteiger partial charge is 0.478 e. The number of aliphatic carboxylic acids is 1. The molecular weight excluding hydrogens is 513 g/mol. The Morgan fingerprint density at radius 2 is 1.54 bits per heavy atom. The molecule has 0 amide bonds. The Labute approximate surface area is 212 Å². The average Bonchev–Trinajstić information content (AvgIpc) is 2.80. The van der Waals surface area contributed by atoms with Crippen molar-refractivity contribution < 1.29 is 41.4 Å². The second-order valence-corrected chi connectivity index (χ2v) is 9.71. The molecule has 0 aliphatic carbocycles. The third-order valence-electron chi connectivity index (χ3n) is 5.04. The lowest BCUT2D eigenvalue weighted by Gasteiger charge is -2.24. The quantitative estimate of drug-likeness (QED) is 0.384. The molecule has 8 nitrogen and oxygen atoms in total. The summed E-state index contributed by atoms with van der Waals surface area (Å²) in [5, 5.41) is 16.5. The number of carboxylic acids is 2. The minimum Gasteiger partial charge on any atom is -0.478 e. The summed E-state index contributed by atoms with van der Waals surface area (Å²) in [7, 11) is -2.08. The number of nitrogens with zero attached hydrogens (tertiary/aromatic N) is 1. The summed E-state index contributed by atoms with van der Waals surface area (Å²) in [6, 6.07) is 19.4. The Kier molecular flexibility index (Phi) is 9.29. The molecule has 0 atom stereocenters. The predicted molar refractivity (Wildman–Crippen MR) is 132 cm³/mol. The number of rotatable bonds is 7. The first kappa shape index (κ1) is 29.2. The highest BCUT2D eigenvalue weighted by Crippen LogP contribution is 2.31. The number of nitrogens with one attached hydrogen (secondary N) is 1. The van der Waals surface area contributed by atoms with E-state index >= 15 is 0 Å². The average molecular weight is 539 g/mol. The zero-order valence-corrected chi connectivity index (χ0v) is 20.9. The van der Waals surface area contributed by atoms with Crippen molar-refractivity contribution in [2.24, 2.45) is 0 Å². The molecule has 3 aromatic rings. The van der Waals surface area contributed by atoms with Gasteiger partial charge in [-0.25, -0.2) is 18.0 Å². The first-order valence-electron chi connectivity index (χ1n) is 10.6. The van der Waals surface area contributed by atoms with Gasteiger partial charge in [0, 0.05) is 13.6 Å². The highest BCUT2D eigenvalue weighted by molar-refractivity contribution is 7.92. The molecule has 12 heteroatoms. The first-order chi connectivity index (χ1) is 17.1. The summed E-state index contributed by atoms with van der Waals surface area (Å²) < 4.78 is 60.6. The number of halogens is 3. The standard InChI is InChI=1S/C23H24N2O4S.C2HF3O2/c1-16-9-10-17(2)22(13-16)30(28,29)24-20-14-19(23(26)27)11-12-21(20)25(3)15-18-7-5-4-6-8-18;3-2(4,5)1(6)7/h4-14,24H,15H2,1-3H3,(H,26,27);(H,6,7). The van der Waals surface area contributed by atoms with E-state index in [1.54, 1.807) is 25.1 Å². The molecule has 3 aromatic carbocycles. The van der Waals surface area contributed by atoms with E-state index in [4.69, 9.17) is 9.90 Å². The van der Waals surface area contributed by atoms with Crippen molar-refractivity contribution in [3.8, 4) is 0 Å². The lowest BCUT2D eigenvalue weighted by atomic mass is 10.1. The highest BCUT2D eigenvalue weighted by Gasteiger charge is 2.38. The zero-order valence-electron chi connectivity index (χ0n) is 20.1. The molecule has 0 bridgehead atoms. The molecule has 0 aliphatic rings. The van der Waals surface area contributed by atoms with Gasteiger partial charge in [-0.3, -0.25) is 4.72 Å². The second kappa shape index (κ2) is 11.8. The van der Waals surface area contributed by atoms with Crippen molar-refractivity contribution in [2.45, 2.75) is 31.5 Å². The van der Waals surface area contributed by atoms with E-state index in [0.717, 1.165) is 11.1 Å². The summed E-state index contributed by atoms with van der Waals surface area (Å²) in [6.07, 6.45) is -5.08. The number of aryl methyl sites for hydroxylation is 2. The van der Waals surface area contributed by atoms with Crippen molar-refractivity contribution in [3.63, 3.8) is 0 Å². The predicted octanol–water partition coefficient (Wildman–Crippen LogP) is 5.07. The van der Waals surface area contributed by atoms with Crippen LogP contribution >= 0.6 is 0 Å². The van der Waals surface area contributed by atoms with Crippen LogP contribution in [0.25, 0.3) is 0 Å². The Balaban J connectivity index is 0.000000604. The Hall–Kier alpha value is -4.06. The van der Waals surface area contributed by atoms with Gasteiger partial charge in [-0.1, -0.05) is 42.5 Å². The molecule has 3 rings (SSSR count). The van der Waals surface area contributed by atoms with E-state index in [2.05, 4.69) is 4.72 Å². The fraction of sp³-hybridized carbons (Fsp3) is 0.200. The number of hydrogen-bond donors (Lipinski definition) is 3. The van der Waals surface area contributed by atoms with Gasteiger partial charge in [0.25, 0.3) is 10.0 Å². The fourth-order valence-electron chi connectivity index (χ4n) is 3.22. The number of aromatic carboxylic acids is 1. The molecule has 0 saturated carbocycles. The molecule has 0 aromatic heterocycles. The number of carbonyl (C=O) groups is 2.